The number of amides is 2. The third kappa shape index (κ3) is 9.73. The van der Waals surface area contributed by atoms with E-state index < -0.39 is 29.4 Å². The third-order valence-electron chi connectivity index (χ3n) is 5.75. The van der Waals surface area contributed by atoms with Gasteiger partial charge in [-0.05, 0) is 76.6 Å². The molecule has 0 aliphatic heterocycles. The molecule has 0 fully saturated rings. The second-order valence-corrected chi connectivity index (χ2v) is 10.6. The van der Waals surface area contributed by atoms with Crippen molar-refractivity contribution in [1.82, 2.24) is 4.98 Å². The fourth-order valence-electron chi connectivity index (χ4n) is 3.96. The molecule has 0 saturated carbocycles. The van der Waals surface area contributed by atoms with Crippen molar-refractivity contribution in [2.45, 2.75) is 46.1 Å². The molecular formula is C31H35ClFN3O6. The molecule has 11 heteroatoms. The number of hydrogen-bond donors (Lipinski definition) is 0. The number of benzene rings is 2. The van der Waals surface area contributed by atoms with Gasteiger partial charge in [0.1, 0.15) is 23.8 Å². The molecule has 2 amide bonds. The van der Waals surface area contributed by atoms with Crippen LogP contribution in [-0.4, -0.2) is 54.9 Å². The molecule has 0 aliphatic rings. The summed E-state index contributed by atoms with van der Waals surface area (Å²) in [5, 5.41) is 0.231. The van der Waals surface area contributed by atoms with E-state index in [4.69, 9.17) is 25.8 Å². The summed E-state index contributed by atoms with van der Waals surface area (Å²) < 4.78 is 31.2. The second kappa shape index (κ2) is 15.2. The zero-order chi connectivity index (χ0) is 30.7. The lowest BCUT2D eigenvalue weighted by Crippen LogP contribution is -2.39. The molecule has 0 atom stereocenters. The molecule has 0 unspecified atom stereocenters. The number of hydrogen-bond acceptors (Lipinski definition) is 7. The van der Waals surface area contributed by atoms with Crippen LogP contribution in [0, 0.1) is 5.82 Å². The number of ether oxygens (including phenoxy) is 3. The molecule has 0 saturated heterocycles. The van der Waals surface area contributed by atoms with Gasteiger partial charge in [0, 0.05) is 35.9 Å². The zero-order valence-electron chi connectivity index (χ0n) is 24.1. The molecule has 0 N–H and O–H groups in total. The van der Waals surface area contributed by atoms with Gasteiger partial charge in [0.2, 0.25) is 0 Å². The number of carbonyl (C=O) groups excluding carboxylic acids is 3. The lowest BCUT2D eigenvalue weighted by molar-refractivity contribution is -0.143. The number of para-hydroxylation sites is 1. The van der Waals surface area contributed by atoms with Gasteiger partial charge in [-0.15, -0.1) is 0 Å². The topological polar surface area (TPSA) is 98.3 Å². The summed E-state index contributed by atoms with van der Waals surface area (Å²) in [7, 11) is 0. The standard InChI is InChI=1S/C31H35ClFN3O6/c1-5-40-28(37)11-8-16-36(27-10-7-6-9-26(27)33)29(38)22-19-23(32)21-25(20-22)41-18-17-35(24-12-14-34-15-13-24)30(39)42-31(2,3)4/h6-7,9-10,12-15,19-21H,5,8,11,16-18H2,1-4H3. The number of rotatable bonds is 12. The van der Waals surface area contributed by atoms with Crippen molar-refractivity contribution in [3.63, 3.8) is 0 Å². The molecule has 0 bridgehead atoms. The van der Waals surface area contributed by atoms with Crippen LogP contribution >= 0.6 is 11.6 Å². The first kappa shape index (κ1) is 32.3. The van der Waals surface area contributed by atoms with E-state index in [1.807, 2.05) is 0 Å². The molecule has 0 spiro atoms. The summed E-state index contributed by atoms with van der Waals surface area (Å²) in [6, 6.07) is 13.7. The Bertz CT molecular complexity index is 1370. The van der Waals surface area contributed by atoms with E-state index in [1.54, 1.807) is 58.3 Å². The van der Waals surface area contributed by atoms with E-state index in [0.29, 0.717) is 5.69 Å². The summed E-state index contributed by atoms with van der Waals surface area (Å²) >= 11 is 6.34. The van der Waals surface area contributed by atoms with Crippen molar-refractivity contribution in [3.05, 3.63) is 83.4 Å². The van der Waals surface area contributed by atoms with Crippen molar-refractivity contribution < 1.29 is 33.0 Å². The molecule has 0 radical (unpaired) electrons. The number of aromatic nitrogens is 1. The molecule has 3 rings (SSSR count). The van der Waals surface area contributed by atoms with E-state index in [-0.39, 0.29) is 61.2 Å². The Kier molecular flexibility index (Phi) is 11.7. The van der Waals surface area contributed by atoms with Gasteiger partial charge in [0.25, 0.3) is 5.91 Å². The fourth-order valence-corrected chi connectivity index (χ4v) is 4.19. The maximum Gasteiger partial charge on any atom is 0.414 e. The maximum absolute atomic E-state index is 14.7. The minimum absolute atomic E-state index is 0.0477. The van der Waals surface area contributed by atoms with Crippen molar-refractivity contribution in [2.75, 3.05) is 36.1 Å². The Morgan fingerprint density at radius 3 is 2.36 bits per heavy atom. The summed E-state index contributed by atoms with van der Waals surface area (Å²) in [5.41, 5.74) is 0.105. The van der Waals surface area contributed by atoms with Gasteiger partial charge < -0.3 is 19.1 Å². The number of esters is 1. The highest BCUT2D eigenvalue weighted by Crippen LogP contribution is 2.27. The van der Waals surface area contributed by atoms with Gasteiger partial charge in [0.05, 0.1) is 24.5 Å². The number of anilines is 2. The smallest absolute Gasteiger partial charge is 0.414 e. The van der Waals surface area contributed by atoms with Gasteiger partial charge >= 0.3 is 12.1 Å². The van der Waals surface area contributed by atoms with Crippen LogP contribution in [0.2, 0.25) is 5.02 Å². The maximum atomic E-state index is 14.7. The molecular weight excluding hydrogens is 565 g/mol. The van der Waals surface area contributed by atoms with E-state index in [0.717, 1.165) is 0 Å². The van der Waals surface area contributed by atoms with Gasteiger partial charge in [-0.25, -0.2) is 9.18 Å². The molecule has 42 heavy (non-hydrogen) atoms. The monoisotopic (exact) mass is 599 g/mol. The summed E-state index contributed by atoms with van der Waals surface area (Å²) in [4.78, 5) is 45.1. The molecule has 2 aromatic carbocycles. The van der Waals surface area contributed by atoms with Crippen molar-refractivity contribution >= 4 is 40.9 Å². The highest BCUT2D eigenvalue weighted by atomic mass is 35.5. The predicted octanol–water partition coefficient (Wildman–Crippen LogP) is 6.68. The first-order valence-electron chi connectivity index (χ1n) is 13.5. The van der Waals surface area contributed by atoms with Gasteiger partial charge in [0.15, 0.2) is 0 Å². The van der Waals surface area contributed by atoms with E-state index in [9.17, 15) is 18.8 Å². The van der Waals surface area contributed by atoms with Gasteiger partial charge in [-0.3, -0.25) is 19.5 Å². The Morgan fingerprint density at radius 1 is 0.976 bits per heavy atom. The minimum Gasteiger partial charge on any atom is -0.492 e. The SMILES string of the molecule is CCOC(=O)CCCN(C(=O)c1cc(Cl)cc(OCCN(C(=O)OC(C)(C)C)c2ccncc2)c1)c1ccccc1F. The van der Waals surface area contributed by atoms with Gasteiger partial charge in [-0.1, -0.05) is 23.7 Å². The lowest BCUT2D eigenvalue weighted by Gasteiger charge is -2.27. The molecule has 9 nitrogen and oxygen atoms in total. The normalized spacial score (nSPS) is 11.0. The average Bonchev–Trinajstić information content (AvgIpc) is 2.93. The van der Waals surface area contributed by atoms with Gasteiger partial charge in [-0.2, -0.15) is 0 Å². The minimum atomic E-state index is -0.703. The van der Waals surface area contributed by atoms with E-state index >= 15 is 0 Å². The summed E-state index contributed by atoms with van der Waals surface area (Å²) in [6.07, 6.45) is 2.91. The highest BCUT2D eigenvalue weighted by molar-refractivity contribution is 6.31. The van der Waals surface area contributed by atoms with E-state index in [2.05, 4.69) is 4.98 Å². The first-order chi connectivity index (χ1) is 20.0. The highest BCUT2D eigenvalue weighted by Gasteiger charge is 2.24. The summed E-state index contributed by atoms with van der Waals surface area (Å²) in [6.45, 7) is 7.53. The van der Waals surface area contributed by atoms with Crippen LogP contribution in [-0.2, 0) is 14.3 Å². The molecule has 3 aromatic rings. The fraction of sp³-hybridized carbons (Fsp3) is 0.355. The Hall–Kier alpha value is -4.18. The van der Waals surface area contributed by atoms with Crippen LogP contribution < -0.4 is 14.5 Å². The van der Waals surface area contributed by atoms with Crippen molar-refractivity contribution in [3.8, 4) is 5.75 Å². The average molecular weight is 600 g/mol. The van der Waals surface area contributed by atoms with Crippen LogP contribution in [0.5, 0.6) is 5.75 Å². The quantitative estimate of drug-likeness (QED) is 0.214. The van der Waals surface area contributed by atoms with Crippen LogP contribution in [0.1, 0.15) is 50.9 Å². The van der Waals surface area contributed by atoms with Crippen LogP contribution in [0.3, 0.4) is 0 Å². The van der Waals surface area contributed by atoms with E-state index in [1.165, 1.54) is 46.2 Å². The zero-order valence-corrected chi connectivity index (χ0v) is 24.9. The van der Waals surface area contributed by atoms with Crippen LogP contribution in [0.15, 0.2) is 67.0 Å². The number of halogens is 2. The molecule has 224 valence electrons. The van der Waals surface area contributed by atoms with Crippen molar-refractivity contribution in [1.29, 1.82) is 0 Å². The second-order valence-electron chi connectivity index (χ2n) is 10.2. The summed E-state index contributed by atoms with van der Waals surface area (Å²) in [5.74, 6) is -1.23. The van der Waals surface area contributed by atoms with Crippen LogP contribution in [0.4, 0.5) is 20.6 Å². The number of nitrogens with zero attached hydrogens (tertiary/aromatic N) is 3. The Labute approximate surface area is 250 Å². The molecule has 0 aliphatic carbocycles. The largest absolute Gasteiger partial charge is 0.492 e. The molecule has 1 aromatic heterocycles. The lowest BCUT2D eigenvalue weighted by atomic mass is 10.1. The Morgan fingerprint density at radius 2 is 1.69 bits per heavy atom. The predicted molar refractivity (Wildman–Crippen MR) is 159 cm³/mol. The molecule has 1 heterocycles. The number of carbonyl (C=O) groups is 3. The third-order valence-corrected chi connectivity index (χ3v) is 5.96. The van der Waals surface area contributed by atoms with Crippen LogP contribution in [0.25, 0.3) is 0 Å². The Balaban J connectivity index is 1.78. The number of pyridine rings is 1. The van der Waals surface area contributed by atoms with Crippen molar-refractivity contribution in [2.24, 2.45) is 0 Å². The first-order valence-corrected chi connectivity index (χ1v) is 13.9.